The van der Waals surface area contributed by atoms with Crippen LogP contribution in [0.2, 0.25) is 0 Å². The number of aryl methyl sites for hydroxylation is 2. The minimum atomic E-state index is 0.517. The van der Waals surface area contributed by atoms with Gasteiger partial charge in [-0.05, 0) is 50.2 Å². The van der Waals surface area contributed by atoms with E-state index in [4.69, 9.17) is 5.84 Å². The molecule has 1 aromatic heterocycles. The third kappa shape index (κ3) is 2.53. The highest BCUT2D eigenvalue weighted by atomic mass is 32.1. The highest BCUT2D eigenvalue weighted by molar-refractivity contribution is 7.14. The summed E-state index contributed by atoms with van der Waals surface area (Å²) < 4.78 is 0. The number of nitrogens with zero attached hydrogens (tertiary/aromatic N) is 1. The van der Waals surface area contributed by atoms with Crippen molar-refractivity contribution in [3.05, 3.63) is 21.4 Å². The summed E-state index contributed by atoms with van der Waals surface area (Å²) in [6.07, 6.45) is 8.93. The molecule has 92 valence electrons. The monoisotopic (exact) mass is 249 g/mol. The molecule has 1 saturated carbocycles. The number of hydrogen-bond donors (Lipinski definition) is 2. The smallest absolute Gasteiger partial charge is 0.153 e. The number of hydrogen-bond acceptors (Lipinski definition) is 3. The molecule has 0 unspecified atom stereocenters. The summed E-state index contributed by atoms with van der Waals surface area (Å²) in [6.45, 7) is 0. The highest BCUT2D eigenvalue weighted by Gasteiger charge is 2.22. The largest absolute Gasteiger partial charge is 0.308 e. The predicted octanol–water partition coefficient (Wildman–Crippen LogP) is 2.39. The topological polar surface area (TPSA) is 50.4 Å². The molecule has 1 aromatic rings. The lowest BCUT2D eigenvalue weighted by Gasteiger charge is -2.02. The van der Waals surface area contributed by atoms with Crippen LogP contribution in [0.15, 0.2) is 11.1 Å². The molecule has 0 spiro atoms. The zero-order valence-electron chi connectivity index (χ0n) is 10.0. The number of amidine groups is 1. The molecule has 0 aromatic carbocycles. The summed E-state index contributed by atoms with van der Waals surface area (Å²) in [5.41, 5.74) is 4.30. The molecule has 0 aliphatic heterocycles. The first-order chi connectivity index (χ1) is 8.36. The number of aliphatic imine (C=N–C) groups is 1. The molecule has 0 atom stereocenters. The van der Waals surface area contributed by atoms with E-state index >= 15 is 0 Å². The summed E-state index contributed by atoms with van der Waals surface area (Å²) in [4.78, 5) is 7.41. The van der Waals surface area contributed by atoms with Gasteiger partial charge in [0.15, 0.2) is 5.84 Å². The second kappa shape index (κ2) is 4.78. The van der Waals surface area contributed by atoms with Crippen LogP contribution in [-0.4, -0.2) is 11.9 Å². The van der Waals surface area contributed by atoms with Gasteiger partial charge in [-0.3, -0.25) is 4.99 Å². The predicted molar refractivity (Wildman–Crippen MR) is 72.5 cm³/mol. The van der Waals surface area contributed by atoms with Crippen LogP contribution in [0.1, 0.15) is 47.4 Å². The first-order valence-corrected chi connectivity index (χ1v) is 7.35. The van der Waals surface area contributed by atoms with Gasteiger partial charge in [0.05, 0.1) is 10.9 Å². The number of thiophene rings is 1. The van der Waals surface area contributed by atoms with Gasteiger partial charge in [-0.15, -0.1) is 11.3 Å². The van der Waals surface area contributed by atoms with Crippen molar-refractivity contribution in [2.75, 3.05) is 0 Å². The SMILES string of the molecule is NNC(=NC1CC1)c1cc2c(s1)CCCCC2. The van der Waals surface area contributed by atoms with Gasteiger partial charge in [0, 0.05) is 4.88 Å². The Morgan fingerprint density at radius 1 is 1.29 bits per heavy atom. The quantitative estimate of drug-likeness (QED) is 0.278. The number of hydrazine groups is 1. The van der Waals surface area contributed by atoms with Crippen molar-refractivity contribution in [1.82, 2.24) is 5.43 Å². The zero-order valence-corrected chi connectivity index (χ0v) is 10.9. The van der Waals surface area contributed by atoms with Gasteiger partial charge in [-0.25, -0.2) is 5.84 Å². The first-order valence-electron chi connectivity index (χ1n) is 6.53. The Bertz CT molecular complexity index is 408. The van der Waals surface area contributed by atoms with Crippen molar-refractivity contribution in [1.29, 1.82) is 0 Å². The molecular formula is C13H19N3S. The van der Waals surface area contributed by atoms with Crippen LogP contribution in [-0.2, 0) is 12.8 Å². The maximum absolute atomic E-state index is 5.60. The Balaban J connectivity index is 1.87. The van der Waals surface area contributed by atoms with Gasteiger partial charge in [0.25, 0.3) is 0 Å². The van der Waals surface area contributed by atoms with Crippen molar-refractivity contribution in [2.24, 2.45) is 10.8 Å². The molecule has 3 N–H and O–H groups in total. The van der Waals surface area contributed by atoms with Crippen LogP contribution in [0.4, 0.5) is 0 Å². The maximum atomic E-state index is 5.60. The Kier molecular flexibility index (Phi) is 3.16. The van der Waals surface area contributed by atoms with E-state index in [2.05, 4.69) is 16.5 Å². The summed E-state index contributed by atoms with van der Waals surface area (Å²) in [5, 5.41) is 0. The molecule has 4 heteroatoms. The minimum Gasteiger partial charge on any atom is -0.308 e. The summed E-state index contributed by atoms with van der Waals surface area (Å²) in [5.74, 6) is 6.49. The molecule has 1 fully saturated rings. The lowest BCUT2D eigenvalue weighted by atomic mass is 10.1. The molecular weight excluding hydrogens is 230 g/mol. The van der Waals surface area contributed by atoms with Gasteiger partial charge in [-0.1, -0.05) is 6.42 Å². The zero-order chi connectivity index (χ0) is 11.7. The molecule has 2 aliphatic rings. The minimum absolute atomic E-state index is 0.517. The van der Waals surface area contributed by atoms with Crippen molar-refractivity contribution in [3.8, 4) is 0 Å². The van der Waals surface area contributed by atoms with Crippen LogP contribution in [0.3, 0.4) is 0 Å². The maximum Gasteiger partial charge on any atom is 0.153 e. The summed E-state index contributed by atoms with van der Waals surface area (Å²) in [6, 6.07) is 2.81. The van der Waals surface area contributed by atoms with E-state index < -0.39 is 0 Å². The van der Waals surface area contributed by atoms with E-state index in [-0.39, 0.29) is 0 Å². The van der Waals surface area contributed by atoms with Crippen molar-refractivity contribution >= 4 is 17.2 Å². The Labute approximate surface area is 106 Å². The van der Waals surface area contributed by atoms with E-state index in [1.54, 1.807) is 4.88 Å². The van der Waals surface area contributed by atoms with Crippen molar-refractivity contribution in [3.63, 3.8) is 0 Å². The Morgan fingerprint density at radius 3 is 2.88 bits per heavy atom. The molecule has 3 nitrogen and oxygen atoms in total. The molecule has 17 heavy (non-hydrogen) atoms. The molecule has 0 amide bonds. The average Bonchev–Trinajstić information content (AvgIpc) is 3.11. The summed E-state index contributed by atoms with van der Waals surface area (Å²) >= 11 is 1.88. The summed E-state index contributed by atoms with van der Waals surface area (Å²) in [7, 11) is 0. The van der Waals surface area contributed by atoms with Crippen molar-refractivity contribution in [2.45, 2.75) is 51.0 Å². The second-order valence-corrected chi connectivity index (χ2v) is 6.11. The Morgan fingerprint density at radius 2 is 2.12 bits per heavy atom. The average molecular weight is 249 g/mol. The number of rotatable bonds is 2. The fourth-order valence-electron chi connectivity index (χ4n) is 2.34. The van der Waals surface area contributed by atoms with Crippen LogP contribution in [0, 0.1) is 0 Å². The van der Waals surface area contributed by atoms with Crippen LogP contribution >= 0.6 is 11.3 Å². The highest BCUT2D eigenvalue weighted by Crippen LogP contribution is 2.30. The third-order valence-corrected chi connectivity index (χ3v) is 4.72. The van der Waals surface area contributed by atoms with E-state index in [9.17, 15) is 0 Å². The fourth-order valence-corrected chi connectivity index (χ4v) is 3.56. The number of nitrogens with two attached hydrogens (primary N) is 1. The van der Waals surface area contributed by atoms with Crippen molar-refractivity contribution < 1.29 is 0 Å². The standard InChI is InChI=1S/C13H19N3S/c14-16-13(15-10-6-7-10)12-8-9-4-2-1-3-5-11(9)17-12/h8,10H,1-7,14H2,(H,15,16). The molecule has 3 rings (SSSR count). The Hall–Kier alpha value is -0.870. The first kappa shape index (κ1) is 11.2. The second-order valence-electron chi connectivity index (χ2n) is 4.97. The van der Waals surface area contributed by atoms with Crippen LogP contribution < -0.4 is 11.3 Å². The normalized spacial score (nSPS) is 20.9. The van der Waals surface area contributed by atoms with Crippen LogP contribution in [0.25, 0.3) is 0 Å². The third-order valence-electron chi connectivity index (χ3n) is 3.48. The van der Waals surface area contributed by atoms with E-state index in [0.717, 1.165) is 5.84 Å². The fraction of sp³-hybridized carbons (Fsp3) is 0.615. The lowest BCUT2D eigenvalue weighted by Crippen LogP contribution is -2.30. The van der Waals surface area contributed by atoms with Gasteiger partial charge >= 0.3 is 0 Å². The van der Waals surface area contributed by atoms with Gasteiger partial charge in [0.1, 0.15) is 0 Å². The van der Waals surface area contributed by atoms with Gasteiger partial charge in [-0.2, -0.15) is 0 Å². The molecule has 1 heterocycles. The molecule has 2 aliphatic carbocycles. The van der Waals surface area contributed by atoms with E-state index in [1.165, 1.54) is 55.4 Å². The van der Waals surface area contributed by atoms with Crippen LogP contribution in [0.5, 0.6) is 0 Å². The number of nitrogens with one attached hydrogen (secondary N) is 1. The van der Waals surface area contributed by atoms with Gasteiger partial charge in [0.2, 0.25) is 0 Å². The lowest BCUT2D eigenvalue weighted by molar-refractivity contribution is 0.712. The molecule has 0 saturated heterocycles. The number of fused-ring (bicyclic) bond motifs is 1. The molecule has 0 radical (unpaired) electrons. The van der Waals surface area contributed by atoms with E-state index in [0.29, 0.717) is 6.04 Å². The van der Waals surface area contributed by atoms with E-state index in [1.807, 2.05) is 11.3 Å². The molecule has 0 bridgehead atoms. The van der Waals surface area contributed by atoms with Gasteiger partial charge < -0.3 is 5.43 Å².